The Kier molecular flexibility index (Phi) is 6.31. The fourth-order valence-electron chi connectivity index (χ4n) is 2.78. The van der Waals surface area contributed by atoms with E-state index in [0.29, 0.717) is 18.0 Å². The number of rotatable bonds is 4. The van der Waals surface area contributed by atoms with Crippen molar-refractivity contribution >= 4 is 6.09 Å². The largest absolute Gasteiger partial charge is 0.444 e. The number of ether oxygens (including phenoxy) is 1. The summed E-state index contributed by atoms with van der Waals surface area (Å²) in [7, 11) is 0. The molecule has 4 heteroatoms. The fourth-order valence-corrected chi connectivity index (χ4v) is 2.78. The lowest BCUT2D eigenvalue weighted by molar-refractivity contribution is 0.0183. The molecule has 0 aliphatic carbocycles. The number of piperidine rings is 1. The van der Waals surface area contributed by atoms with Gasteiger partial charge < -0.3 is 15.0 Å². The summed E-state index contributed by atoms with van der Waals surface area (Å²) in [6.45, 7) is 14.0. The van der Waals surface area contributed by atoms with E-state index >= 15 is 0 Å². The summed E-state index contributed by atoms with van der Waals surface area (Å²) >= 11 is 0. The summed E-state index contributed by atoms with van der Waals surface area (Å²) in [5, 5.41) is 3.65. The molecule has 0 aromatic heterocycles. The molecule has 1 aliphatic heterocycles. The van der Waals surface area contributed by atoms with Crippen LogP contribution in [0.5, 0.6) is 0 Å². The van der Waals surface area contributed by atoms with Gasteiger partial charge in [-0.2, -0.15) is 0 Å². The summed E-state index contributed by atoms with van der Waals surface area (Å²) in [6, 6.07) is 0.892. The van der Waals surface area contributed by atoms with Gasteiger partial charge >= 0.3 is 6.09 Å². The molecule has 1 rings (SSSR count). The minimum absolute atomic E-state index is 0.180. The molecule has 1 N–H and O–H groups in total. The number of hydrogen-bond acceptors (Lipinski definition) is 3. The van der Waals surface area contributed by atoms with Gasteiger partial charge in [-0.05, 0) is 52.9 Å². The highest BCUT2D eigenvalue weighted by molar-refractivity contribution is 5.68. The molecule has 1 heterocycles. The van der Waals surface area contributed by atoms with Crippen LogP contribution >= 0.6 is 0 Å². The first-order valence-electron chi connectivity index (χ1n) is 7.91. The number of carbonyl (C=O) groups excluding carboxylic acids is 1. The molecule has 0 spiro atoms. The van der Waals surface area contributed by atoms with Crippen molar-refractivity contribution in [2.45, 2.75) is 78.5 Å². The second kappa shape index (κ2) is 7.30. The highest BCUT2D eigenvalue weighted by atomic mass is 16.6. The monoisotopic (exact) mass is 284 g/mol. The van der Waals surface area contributed by atoms with E-state index in [9.17, 15) is 4.79 Å². The Morgan fingerprint density at radius 1 is 1.35 bits per heavy atom. The van der Waals surface area contributed by atoms with E-state index in [4.69, 9.17) is 4.74 Å². The van der Waals surface area contributed by atoms with Crippen LogP contribution in [0.3, 0.4) is 0 Å². The van der Waals surface area contributed by atoms with Crippen LogP contribution in [0.15, 0.2) is 0 Å². The number of nitrogens with one attached hydrogen (secondary N) is 1. The maximum atomic E-state index is 12.1. The van der Waals surface area contributed by atoms with E-state index in [2.05, 4.69) is 26.1 Å². The van der Waals surface area contributed by atoms with Crippen LogP contribution in [0.1, 0.15) is 60.8 Å². The lowest BCUT2D eigenvalue weighted by Crippen LogP contribution is -2.51. The van der Waals surface area contributed by atoms with Gasteiger partial charge in [-0.25, -0.2) is 4.79 Å². The zero-order chi connectivity index (χ0) is 15.3. The molecule has 20 heavy (non-hydrogen) atoms. The maximum Gasteiger partial charge on any atom is 0.410 e. The lowest BCUT2D eigenvalue weighted by Gasteiger charge is -2.36. The van der Waals surface area contributed by atoms with Crippen molar-refractivity contribution in [3.63, 3.8) is 0 Å². The molecule has 118 valence electrons. The molecule has 0 bridgehead atoms. The minimum atomic E-state index is -0.414. The van der Waals surface area contributed by atoms with Crippen LogP contribution in [0.2, 0.25) is 0 Å². The van der Waals surface area contributed by atoms with Gasteiger partial charge in [0.1, 0.15) is 5.60 Å². The molecule has 0 saturated carbocycles. The zero-order valence-electron chi connectivity index (χ0n) is 14.0. The summed E-state index contributed by atoms with van der Waals surface area (Å²) < 4.78 is 5.45. The summed E-state index contributed by atoms with van der Waals surface area (Å²) in [4.78, 5) is 13.9. The first-order valence-corrected chi connectivity index (χ1v) is 7.91. The van der Waals surface area contributed by atoms with Crippen molar-refractivity contribution in [1.82, 2.24) is 10.2 Å². The second-order valence-corrected chi connectivity index (χ2v) is 7.46. The van der Waals surface area contributed by atoms with Crippen LogP contribution in [-0.4, -0.2) is 41.8 Å². The standard InChI is InChI=1S/C16H32N2O2/c1-12(2)10-13(3)17-14-8-7-9-18(11-14)15(19)20-16(4,5)6/h12-14,17H,7-11H2,1-6H3. The number of nitrogens with zero attached hydrogens (tertiary/aromatic N) is 1. The molecule has 1 amide bonds. The number of likely N-dealkylation sites (tertiary alicyclic amines) is 1. The minimum Gasteiger partial charge on any atom is -0.444 e. The Morgan fingerprint density at radius 3 is 2.55 bits per heavy atom. The molecule has 2 unspecified atom stereocenters. The predicted molar refractivity (Wildman–Crippen MR) is 82.9 cm³/mol. The van der Waals surface area contributed by atoms with Crippen molar-refractivity contribution in [3.8, 4) is 0 Å². The van der Waals surface area contributed by atoms with E-state index in [0.717, 1.165) is 25.9 Å². The summed E-state index contributed by atoms with van der Waals surface area (Å²) in [5.74, 6) is 0.697. The smallest absolute Gasteiger partial charge is 0.410 e. The maximum absolute atomic E-state index is 12.1. The van der Waals surface area contributed by atoms with Crippen molar-refractivity contribution in [2.24, 2.45) is 5.92 Å². The highest BCUT2D eigenvalue weighted by Gasteiger charge is 2.28. The summed E-state index contributed by atoms with van der Waals surface area (Å²) in [6.07, 6.45) is 3.18. The zero-order valence-corrected chi connectivity index (χ0v) is 14.0. The predicted octanol–water partition coefficient (Wildman–Crippen LogP) is 3.41. The van der Waals surface area contributed by atoms with Crippen molar-refractivity contribution in [3.05, 3.63) is 0 Å². The Morgan fingerprint density at radius 2 is 2.00 bits per heavy atom. The molecule has 0 aromatic carbocycles. The SMILES string of the molecule is CC(C)CC(C)NC1CCCN(C(=O)OC(C)(C)C)C1. The number of hydrogen-bond donors (Lipinski definition) is 1. The Balaban J connectivity index is 2.44. The van der Waals surface area contributed by atoms with Gasteiger partial charge in [0, 0.05) is 25.2 Å². The van der Waals surface area contributed by atoms with Gasteiger partial charge in [0.25, 0.3) is 0 Å². The Labute approximate surface area is 124 Å². The van der Waals surface area contributed by atoms with Gasteiger partial charge in [-0.1, -0.05) is 13.8 Å². The van der Waals surface area contributed by atoms with Gasteiger partial charge in [-0.3, -0.25) is 0 Å². The van der Waals surface area contributed by atoms with Crippen LogP contribution in [-0.2, 0) is 4.74 Å². The van der Waals surface area contributed by atoms with E-state index < -0.39 is 5.60 Å². The quantitative estimate of drug-likeness (QED) is 0.860. The van der Waals surface area contributed by atoms with Crippen LogP contribution in [0, 0.1) is 5.92 Å². The molecule has 1 aliphatic rings. The molecule has 4 nitrogen and oxygen atoms in total. The molecule has 0 radical (unpaired) electrons. The Hall–Kier alpha value is -0.770. The first kappa shape index (κ1) is 17.3. The van der Waals surface area contributed by atoms with E-state index in [1.54, 1.807) is 0 Å². The Bertz CT molecular complexity index is 310. The topological polar surface area (TPSA) is 41.6 Å². The molecular weight excluding hydrogens is 252 g/mol. The third-order valence-electron chi connectivity index (χ3n) is 3.42. The van der Waals surface area contributed by atoms with E-state index in [1.807, 2.05) is 25.7 Å². The average Bonchev–Trinajstić information content (AvgIpc) is 2.25. The summed E-state index contributed by atoms with van der Waals surface area (Å²) in [5.41, 5.74) is -0.414. The van der Waals surface area contributed by atoms with E-state index in [-0.39, 0.29) is 6.09 Å². The van der Waals surface area contributed by atoms with Crippen molar-refractivity contribution in [2.75, 3.05) is 13.1 Å². The highest BCUT2D eigenvalue weighted by Crippen LogP contribution is 2.16. The molecule has 0 aromatic rings. The third kappa shape index (κ3) is 6.60. The average molecular weight is 284 g/mol. The van der Waals surface area contributed by atoms with Gasteiger partial charge in [0.05, 0.1) is 0 Å². The van der Waals surface area contributed by atoms with Crippen molar-refractivity contribution in [1.29, 1.82) is 0 Å². The van der Waals surface area contributed by atoms with Crippen LogP contribution in [0.4, 0.5) is 4.79 Å². The van der Waals surface area contributed by atoms with Crippen molar-refractivity contribution < 1.29 is 9.53 Å². The normalized spacial score (nSPS) is 21.9. The van der Waals surface area contributed by atoms with Crippen LogP contribution < -0.4 is 5.32 Å². The number of amides is 1. The van der Waals surface area contributed by atoms with Gasteiger partial charge in [0.2, 0.25) is 0 Å². The lowest BCUT2D eigenvalue weighted by atomic mass is 10.0. The fraction of sp³-hybridized carbons (Fsp3) is 0.938. The molecule has 1 fully saturated rings. The number of carbonyl (C=O) groups is 1. The molecule has 2 atom stereocenters. The first-order chi connectivity index (χ1) is 9.17. The second-order valence-electron chi connectivity index (χ2n) is 7.46. The molecule has 1 saturated heterocycles. The molecular formula is C16H32N2O2. The van der Waals surface area contributed by atoms with Gasteiger partial charge in [0.15, 0.2) is 0 Å². The van der Waals surface area contributed by atoms with Crippen LogP contribution in [0.25, 0.3) is 0 Å². The third-order valence-corrected chi connectivity index (χ3v) is 3.42. The van der Waals surface area contributed by atoms with Gasteiger partial charge in [-0.15, -0.1) is 0 Å². The van der Waals surface area contributed by atoms with E-state index in [1.165, 1.54) is 6.42 Å².